The fraction of sp³-hybridized carbons (Fsp3) is 0.167. The first-order valence-electron chi connectivity index (χ1n) is 10.6. The summed E-state index contributed by atoms with van der Waals surface area (Å²) in [6.45, 7) is 2.64. The van der Waals surface area contributed by atoms with Gasteiger partial charge < -0.3 is 20.4 Å². The van der Waals surface area contributed by atoms with Crippen molar-refractivity contribution in [2.75, 3.05) is 41.7 Å². The Labute approximate surface area is 185 Å². The molecule has 1 saturated heterocycles. The normalized spacial score (nSPS) is 13.8. The van der Waals surface area contributed by atoms with E-state index in [1.165, 1.54) is 0 Å². The molecule has 0 bridgehead atoms. The number of carbonyl (C=O) groups excluding carboxylic acids is 1. The van der Waals surface area contributed by atoms with Crippen molar-refractivity contribution < 1.29 is 4.79 Å². The number of piperazine rings is 1. The molecule has 8 heteroatoms. The molecule has 32 heavy (non-hydrogen) atoms. The maximum atomic E-state index is 12.7. The van der Waals surface area contributed by atoms with Crippen LogP contribution in [0.2, 0.25) is 0 Å². The standard InChI is InChI=1S/C24H23N7O/c32-24(26-20-9-8-18-5-1-2-6-19(18)17-20)31-15-13-30(14-16-31)23-11-10-22(28-29-23)27-21-7-3-4-12-25-21/h1-12,17H,13-16H2,(H,26,32)(H,25,27,28). The molecule has 0 aliphatic carbocycles. The molecule has 0 saturated carbocycles. The highest BCUT2D eigenvalue weighted by atomic mass is 16.2. The molecule has 1 aliphatic rings. The molecular weight excluding hydrogens is 402 g/mol. The minimum absolute atomic E-state index is 0.0825. The van der Waals surface area contributed by atoms with Crippen molar-refractivity contribution >= 4 is 39.9 Å². The van der Waals surface area contributed by atoms with Crippen molar-refractivity contribution in [2.24, 2.45) is 0 Å². The molecule has 2 aromatic carbocycles. The minimum atomic E-state index is -0.0825. The second-order valence-corrected chi connectivity index (χ2v) is 7.58. The van der Waals surface area contributed by atoms with E-state index < -0.39 is 0 Å². The van der Waals surface area contributed by atoms with Crippen LogP contribution in [0.1, 0.15) is 0 Å². The SMILES string of the molecule is O=C(Nc1ccc2ccccc2c1)N1CCN(c2ccc(Nc3ccccn3)nn2)CC1. The number of carbonyl (C=O) groups is 1. The summed E-state index contributed by atoms with van der Waals surface area (Å²) in [7, 11) is 0. The zero-order chi connectivity index (χ0) is 21.8. The number of hydrogen-bond donors (Lipinski definition) is 2. The number of hydrogen-bond acceptors (Lipinski definition) is 6. The third-order valence-corrected chi connectivity index (χ3v) is 5.46. The number of fused-ring (bicyclic) bond motifs is 1. The molecular formula is C24H23N7O. The Hall–Kier alpha value is -4.20. The Morgan fingerprint density at radius 2 is 1.59 bits per heavy atom. The average Bonchev–Trinajstić information content (AvgIpc) is 2.85. The lowest BCUT2D eigenvalue weighted by molar-refractivity contribution is 0.208. The van der Waals surface area contributed by atoms with Gasteiger partial charge in [0, 0.05) is 38.1 Å². The highest BCUT2D eigenvalue weighted by Gasteiger charge is 2.22. The fourth-order valence-electron chi connectivity index (χ4n) is 3.74. The zero-order valence-corrected chi connectivity index (χ0v) is 17.5. The summed E-state index contributed by atoms with van der Waals surface area (Å²) < 4.78 is 0. The van der Waals surface area contributed by atoms with Crippen molar-refractivity contribution in [3.63, 3.8) is 0 Å². The van der Waals surface area contributed by atoms with Crippen LogP contribution in [0.4, 0.5) is 27.9 Å². The molecule has 0 spiro atoms. The topological polar surface area (TPSA) is 86.3 Å². The van der Waals surface area contributed by atoms with E-state index in [0.717, 1.165) is 28.1 Å². The molecule has 0 radical (unpaired) electrons. The number of anilines is 4. The third kappa shape index (κ3) is 4.44. The lowest BCUT2D eigenvalue weighted by Gasteiger charge is -2.35. The Kier molecular flexibility index (Phi) is 5.48. The van der Waals surface area contributed by atoms with E-state index in [9.17, 15) is 4.79 Å². The van der Waals surface area contributed by atoms with Crippen molar-refractivity contribution in [1.29, 1.82) is 0 Å². The van der Waals surface area contributed by atoms with Crippen LogP contribution in [-0.4, -0.2) is 52.3 Å². The number of pyridine rings is 1. The minimum Gasteiger partial charge on any atom is -0.352 e. The van der Waals surface area contributed by atoms with E-state index in [4.69, 9.17) is 0 Å². The van der Waals surface area contributed by atoms with Crippen LogP contribution in [0.25, 0.3) is 10.8 Å². The zero-order valence-electron chi connectivity index (χ0n) is 17.5. The average molecular weight is 425 g/mol. The quantitative estimate of drug-likeness (QED) is 0.512. The van der Waals surface area contributed by atoms with E-state index in [1.54, 1.807) is 6.20 Å². The molecule has 2 N–H and O–H groups in total. The van der Waals surface area contributed by atoms with E-state index >= 15 is 0 Å². The first-order valence-corrected chi connectivity index (χ1v) is 10.6. The molecule has 0 unspecified atom stereocenters. The van der Waals surface area contributed by atoms with Gasteiger partial charge in [0.15, 0.2) is 11.6 Å². The van der Waals surface area contributed by atoms with Crippen molar-refractivity contribution in [3.05, 3.63) is 79.0 Å². The van der Waals surface area contributed by atoms with Crippen LogP contribution in [0.15, 0.2) is 79.0 Å². The monoisotopic (exact) mass is 425 g/mol. The van der Waals surface area contributed by atoms with E-state index in [0.29, 0.717) is 32.0 Å². The molecule has 8 nitrogen and oxygen atoms in total. The summed E-state index contributed by atoms with van der Waals surface area (Å²) in [6.07, 6.45) is 1.72. The van der Waals surface area contributed by atoms with Crippen LogP contribution in [0.5, 0.6) is 0 Å². The number of urea groups is 1. The van der Waals surface area contributed by atoms with Crippen molar-refractivity contribution in [2.45, 2.75) is 0 Å². The van der Waals surface area contributed by atoms with Crippen LogP contribution >= 0.6 is 0 Å². The second-order valence-electron chi connectivity index (χ2n) is 7.58. The van der Waals surface area contributed by atoms with Gasteiger partial charge in [0.05, 0.1) is 0 Å². The van der Waals surface area contributed by atoms with Crippen LogP contribution in [0.3, 0.4) is 0 Å². The third-order valence-electron chi connectivity index (χ3n) is 5.46. The molecule has 5 rings (SSSR count). The van der Waals surface area contributed by atoms with Gasteiger partial charge in [-0.25, -0.2) is 9.78 Å². The smallest absolute Gasteiger partial charge is 0.321 e. The maximum Gasteiger partial charge on any atom is 0.321 e. The molecule has 3 heterocycles. The first kappa shape index (κ1) is 19.7. The summed E-state index contributed by atoms with van der Waals surface area (Å²) >= 11 is 0. The van der Waals surface area contributed by atoms with Crippen LogP contribution in [-0.2, 0) is 0 Å². The number of aromatic nitrogens is 3. The van der Waals surface area contributed by atoms with E-state index in [-0.39, 0.29) is 6.03 Å². The summed E-state index contributed by atoms with van der Waals surface area (Å²) in [4.78, 5) is 20.9. The Morgan fingerprint density at radius 1 is 0.781 bits per heavy atom. The largest absolute Gasteiger partial charge is 0.352 e. The van der Waals surface area contributed by atoms with Crippen LogP contribution in [0, 0.1) is 0 Å². The predicted molar refractivity (Wildman–Crippen MR) is 126 cm³/mol. The maximum absolute atomic E-state index is 12.7. The van der Waals surface area contributed by atoms with Gasteiger partial charge in [0.2, 0.25) is 0 Å². The highest BCUT2D eigenvalue weighted by Crippen LogP contribution is 2.20. The first-order chi connectivity index (χ1) is 15.7. The summed E-state index contributed by atoms with van der Waals surface area (Å²) in [5.74, 6) is 2.16. The fourth-order valence-corrected chi connectivity index (χ4v) is 3.74. The molecule has 2 amide bonds. The lowest BCUT2D eigenvalue weighted by Crippen LogP contribution is -2.50. The lowest BCUT2D eigenvalue weighted by atomic mass is 10.1. The summed E-state index contributed by atoms with van der Waals surface area (Å²) in [5.41, 5.74) is 0.804. The molecule has 0 atom stereocenters. The van der Waals surface area contributed by atoms with Gasteiger partial charge in [-0.2, -0.15) is 0 Å². The van der Waals surface area contributed by atoms with Gasteiger partial charge in [-0.05, 0) is 47.2 Å². The summed E-state index contributed by atoms with van der Waals surface area (Å²) in [5, 5.41) is 17.0. The molecule has 2 aromatic heterocycles. The van der Waals surface area contributed by atoms with Gasteiger partial charge in [0.25, 0.3) is 0 Å². The van der Waals surface area contributed by atoms with Gasteiger partial charge in [-0.15, -0.1) is 10.2 Å². The molecule has 1 aliphatic heterocycles. The molecule has 4 aromatic rings. The van der Waals surface area contributed by atoms with Gasteiger partial charge >= 0.3 is 6.03 Å². The van der Waals surface area contributed by atoms with Crippen LogP contribution < -0.4 is 15.5 Å². The predicted octanol–water partition coefficient (Wildman–Crippen LogP) is 4.12. The number of benzene rings is 2. The van der Waals surface area contributed by atoms with Crippen molar-refractivity contribution in [3.8, 4) is 0 Å². The van der Waals surface area contributed by atoms with Gasteiger partial charge in [0.1, 0.15) is 5.82 Å². The number of nitrogens with one attached hydrogen (secondary N) is 2. The Morgan fingerprint density at radius 3 is 2.34 bits per heavy atom. The second kappa shape index (κ2) is 8.89. The van der Waals surface area contributed by atoms with Gasteiger partial charge in [-0.1, -0.05) is 36.4 Å². The van der Waals surface area contributed by atoms with Gasteiger partial charge in [-0.3, -0.25) is 0 Å². The number of rotatable bonds is 4. The highest BCUT2D eigenvalue weighted by molar-refractivity contribution is 5.93. The summed E-state index contributed by atoms with van der Waals surface area (Å²) in [6, 6.07) is 23.4. The van der Waals surface area contributed by atoms with E-state index in [2.05, 4.69) is 36.8 Å². The molecule has 1 fully saturated rings. The Bertz CT molecular complexity index is 1210. The number of amides is 2. The number of nitrogens with zero attached hydrogens (tertiary/aromatic N) is 5. The Balaban J connectivity index is 1.16. The van der Waals surface area contributed by atoms with Crippen molar-refractivity contribution in [1.82, 2.24) is 20.1 Å². The molecule has 160 valence electrons. The van der Waals surface area contributed by atoms with E-state index in [1.807, 2.05) is 71.6 Å².